The van der Waals surface area contributed by atoms with Crippen LogP contribution in [0.15, 0.2) is 36.4 Å². The van der Waals surface area contributed by atoms with Gasteiger partial charge in [0.05, 0.1) is 18.1 Å². The normalized spacial score (nSPS) is 18.1. The summed E-state index contributed by atoms with van der Waals surface area (Å²) in [6.07, 6.45) is 2.56. The van der Waals surface area contributed by atoms with Gasteiger partial charge in [0, 0.05) is 18.0 Å². The lowest BCUT2D eigenvalue weighted by atomic mass is 10.2. The summed E-state index contributed by atoms with van der Waals surface area (Å²) in [5.41, 5.74) is 4.21. The van der Waals surface area contributed by atoms with Crippen LogP contribution < -0.4 is 5.43 Å². The number of amides is 1. The molecule has 1 saturated heterocycles. The van der Waals surface area contributed by atoms with Crippen LogP contribution in [0.5, 0.6) is 0 Å². The predicted octanol–water partition coefficient (Wildman–Crippen LogP) is 3.18. The lowest BCUT2D eigenvalue weighted by Gasteiger charge is -2.31. The van der Waals surface area contributed by atoms with Crippen molar-refractivity contribution in [1.82, 2.24) is 14.9 Å². The molecule has 0 radical (unpaired) electrons. The van der Waals surface area contributed by atoms with Crippen LogP contribution in [-0.4, -0.2) is 46.0 Å². The molecule has 26 heavy (non-hydrogen) atoms. The van der Waals surface area contributed by atoms with E-state index in [1.54, 1.807) is 4.90 Å². The Labute approximate surface area is 154 Å². The first-order valence-corrected chi connectivity index (χ1v) is 9.20. The third kappa shape index (κ3) is 3.94. The number of para-hydroxylation sites is 1. The number of hydrogen-bond acceptors (Lipinski definition) is 5. The number of fused-ring (bicyclic) bond motifs is 1. The number of hydrogen-bond donors (Lipinski definition) is 1. The summed E-state index contributed by atoms with van der Waals surface area (Å²) < 4.78 is 0. The number of nitrogens with zero attached hydrogens (tertiary/aromatic N) is 4. The van der Waals surface area contributed by atoms with Crippen LogP contribution >= 0.6 is 0 Å². The van der Waals surface area contributed by atoms with E-state index in [1.807, 2.05) is 41.4 Å². The van der Waals surface area contributed by atoms with Crippen LogP contribution in [0.2, 0.25) is 0 Å². The smallest absolute Gasteiger partial charge is 0.239 e. The molecule has 0 bridgehead atoms. The monoisotopic (exact) mass is 351 g/mol. The molecular formula is C20H25N5O. The van der Waals surface area contributed by atoms with Gasteiger partial charge in [-0.3, -0.25) is 4.79 Å². The van der Waals surface area contributed by atoms with Gasteiger partial charge in [-0.2, -0.15) is 5.26 Å². The summed E-state index contributed by atoms with van der Waals surface area (Å²) in [6.45, 7) is 5.06. The van der Waals surface area contributed by atoms with Crippen molar-refractivity contribution in [2.45, 2.75) is 45.2 Å². The Bertz CT molecular complexity index is 815. The first-order chi connectivity index (χ1) is 12.6. The van der Waals surface area contributed by atoms with E-state index in [-0.39, 0.29) is 24.5 Å². The van der Waals surface area contributed by atoms with E-state index in [0.717, 1.165) is 36.0 Å². The fourth-order valence-electron chi connectivity index (χ4n) is 3.24. The van der Waals surface area contributed by atoms with E-state index in [1.165, 1.54) is 0 Å². The zero-order chi connectivity index (χ0) is 18.5. The second kappa shape index (κ2) is 8.15. The van der Waals surface area contributed by atoms with Crippen LogP contribution in [0.1, 0.15) is 33.1 Å². The van der Waals surface area contributed by atoms with Crippen LogP contribution in [0, 0.1) is 11.3 Å². The van der Waals surface area contributed by atoms with E-state index in [0.29, 0.717) is 6.54 Å². The largest absolute Gasteiger partial charge is 0.325 e. The number of likely N-dealkylation sites (tertiary alicyclic amines) is 1. The number of nitriles is 1. The number of nitrogens with one attached hydrogen (secondary N) is 1. The highest BCUT2D eigenvalue weighted by Gasteiger charge is 2.30. The third-order valence-corrected chi connectivity index (χ3v) is 5.01. The minimum atomic E-state index is -0.292. The quantitative estimate of drug-likeness (QED) is 0.809. The van der Waals surface area contributed by atoms with Crippen LogP contribution in [0.4, 0.5) is 5.82 Å². The molecule has 1 aromatic carbocycles. The molecule has 3 rings (SSSR count). The van der Waals surface area contributed by atoms with Gasteiger partial charge in [0.15, 0.2) is 0 Å². The number of aromatic nitrogens is 1. The Morgan fingerprint density at radius 1 is 1.42 bits per heavy atom. The molecule has 1 aliphatic rings. The zero-order valence-corrected chi connectivity index (χ0v) is 15.4. The lowest BCUT2D eigenvalue weighted by molar-refractivity contribution is -0.132. The molecular weight excluding hydrogens is 326 g/mol. The third-order valence-electron chi connectivity index (χ3n) is 5.01. The van der Waals surface area contributed by atoms with Gasteiger partial charge in [0.1, 0.15) is 11.9 Å². The standard InChI is InChI=1S/C20H25N5O/c1-3-15(2)25(14-20(26)24-12-6-8-17(24)13-21)23-19-11-10-16-7-4-5-9-18(16)22-19/h4-5,7,9-11,15,17H,3,6,8,12,14H2,1-2H3,(H,22,23)/t15-,17?/m0/s1. The van der Waals surface area contributed by atoms with Crippen molar-refractivity contribution in [1.29, 1.82) is 5.26 Å². The topological polar surface area (TPSA) is 72.3 Å². The summed E-state index contributed by atoms with van der Waals surface area (Å²) in [4.78, 5) is 19.1. The van der Waals surface area contributed by atoms with Gasteiger partial charge in [0.25, 0.3) is 0 Å². The molecule has 1 aliphatic heterocycles. The van der Waals surface area contributed by atoms with E-state index in [9.17, 15) is 10.1 Å². The van der Waals surface area contributed by atoms with Gasteiger partial charge in [-0.05, 0) is 44.4 Å². The van der Waals surface area contributed by atoms with Crippen LogP contribution in [0.3, 0.4) is 0 Å². The average Bonchev–Trinajstić information content (AvgIpc) is 3.15. The Morgan fingerprint density at radius 2 is 2.23 bits per heavy atom. The molecule has 1 amide bonds. The van der Waals surface area contributed by atoms with Crippen LogP contribution in [0.25, 0.3) is 10.9 Å². The summed E-state index contributed by atoms with van der Waals surface area (Å²) in [5, 5.41) is 12.2. The molecule has 0 saturated carbocycles. The van der Waals surface area contributed by atoms with Gasteiger partial charge in [-0.15, -0.1) is 0 Å². The Hall–Kier alpha value is -2.65. The predicted molar refractivity (Wildman–Crippen MR) is 102 cm³/mol. The van der Waals surface area contributed by atoms with Gasteiger partial charge in [-0.1, -0.05) is 25.1 Å². The maximum absolute atomic E-state index is 12.7. The summed E-state index contributed by atoms with van der Waals surface area (Å²) in [6, 6.07) is 14.0. The molecule has 2 aromatic rings. The summed E-state index contributed by atoms with van der Waals surface area (Å²) >= 11 is 0. The van der Waals surface area contributed by atoms with Gasteiger partial charge in [-0.25, -0.2) is 9.99 Å². The summed E-state index contributed by atoms with van der Waals surface area (Å²) in [5.74, 6) is 0.706. The van der Waals surface area contributed by atoms with Crippen molar-refractivity contribution >= 4 is 22.6 Å². The highest BCUT2D eigenvalue weighted by Crippen LogP contribution is 2.19. The molecule has 1 aromatic heterocycles. The number of rotatable bonds is 6. The van der Waals surface area contributed by atoms with Gasteiger partial charge < -0.3 is 10.3 Å². The first kappa shape index (κ1) is 18.2. The second-order valence-corrected chi connectivity index (χ2v) is 6.76. The van der Waals surface area contributed by atoms with Crippen molar-refractivity contribution in [2.75, 3.05) is 18.5 Å². The molecule has 0 spiro atoms. The van der Waals surface area contributed by atoms with Gasteiger partial charge >= 0.3 is 0 Å². The van der Waals surface area contributed by atoms with Gasteiger partial charge in [0.2, 0.25) is 5.91 Å². The average molecular weight is 351 g/mol. The fraction of sp³-hybridized carbons (Fsp3) is 0.450. The van der Waals surface area contributed by atoms with Crippen molar-refractivity contribution in [3.05, 3.63) is 36.4 Å². The molecule has 6 nitrogen and oxygen atoms in total. The van der Waals surface area contributed by atoms with Crippen molar-refractivity contribution in [3.8, 4) is 6.07 Å². The fourth-order valence-corrected chi connectivity index (χ4v) is 3.24. The maximum Gasteiger partial charge on any atom is 0.239 e. The molecule has 2 atom stereocenters. The number of hydrazine groups is 1. The Balaban J connectivity index is 1.75. The van der Waals surface area contributed by atoms with E-state index < -0.39 is 0 Å². The Morgan fingerprint density at radius 3 is 3.00 bits per heavy atom. The molecule has 6 heteroatoms. The van der Waals surface area contributed by atoms with E-state index >= 15 is 0 Å². The molecule has 2 heterocycles. The maximum atomic E-state index is 12.7. The molecule has 1 unspecified atom stereocenters. The number of pyridine rings is 1. The minimum absolute atomic E-state index is 0.0114. The van der Waals surface area contributed by atoms with Crippen molar-refractivity contribution in [3.63, 3.8) is 0 Å². The lowest BCUT2D eigenvalue weighted by Crippen LogP contribution is -2.47. The summed E-state index contributed by atoms with van der Waals surface area (Å²) in [7, 11) is 0. The number of benzene rings is 1. The van der Waals surface area contributed by atoms with E-state index in [2.05, 4.69) is 30.3 Å². The van der Waals surface area contributed by atoms with Crippen molar-refractivity contribution in [2.24, 2.45) is 0 Å². The molecule has 0 aliphatic carbocycles. The molecule has 1 fully saturated rings. The van der Waals surface area contributed by atoms with Crippen molar-refractivity contribution < 1.29 is 4.79 Å². The first-order valence-electron chi connectivity index (χ1n) is 9.20. The Kier molecular flexibility index (Phi) is 5.69. The van der Waals surface area contributed by atoms with E-state index in [4.69, 9.17) is 0 Å². The number of carbonyl (C=O) groups excluding carboxylic acids is 1. The van der Waals surface area contributed by atoms with Crippen LogP contribution in [-0.2, 0) is 4.79 Å². The number of anilines is 1. The second-order valence-electron chi connectivity index (χ2n) is 6.76. The zero-order valence-electron chi connectivity index (χ0n) is 15.4. The SMILES string of the molecule is CC[C@H](C)N(CC(=O)N1CCCC1C#N)Nc1ccc2ccccc2n1. The highest BCUT2D eigenvalue weighted by atomic mass is 16.2. The molecule has 1 N–H and O–H groups in total. The number of carbonyl (C=O) groups is 1. The highest BCUT2D eigenvalue weighted by molar-refractivity contribution is 5.81. The minimum Gasteiger partial charge on any atom is -0.325 e. The molecule has 136 valence electrons.